The lowest BCUT2D eigenvalue weighted by Crippen LogP contribution is -2.39. The van der Waals surface area contributed by atoms with Gasteiger partial charge in [-0.2, -0.15) is 4.57 Å². The van der Waals surface area contributed by atoms with Gasteiger partial charge in [-0.25, -0.2) is 0 Å². The molecule has 0 bridgehead atoms. The van der Waals surface area contributed by atoms with Crippen LogP contribution in [-0.2, 0) is 11.3 Å². The maximum absolute atomic E-state index is 10.4. The minimum Gasteiger partial charge on any atom is -0.364 e. The standard InChI is InChI=1S/C7H8N2O.CH4/c8-7(10)6-9-4-2-1-3-5-9;/h1-5H,6H2,(H-,8,10);1H4/p+1. The van der Waals surface area contributed by atoms with Crippen molar-refractivity contribution in [3.63, 3.8) is 0 Å². The fourth-order valence-corrected chi connectivity index (χ4v) is 0.720. The molecule has 0 spiro atoms. The zero-order valence-electron chi connectivity index (χ0n) is 5.53. The monoisotopic (exact) mass is 153 g/mol. The van der Waals surface area contributed by atoms with E-state index < -0.39 is 0 Å². The molecule has 0 saturated heterocycles. The zero-order chi connectivity index (χ0) is 7.40. The van der Waals surface area contributed by atoms with Crippen molar-refractivity contribution in [3.8, 4) is 0 Å². The maximum Gasteiger partial charge on any atom is 0.283 e. The smallest absolute Gasteiger partial charge is 0.283 e. The second-order valence-electron chi connectivity index (χ2n) is 2.01. The van der Waals surface area contributed by atoms with Crippen molar-refractivity contribution >= 4 is 5.91 Å². The number of nitrogens with zero attached hydrogens (tertiary/aromatic N) is 1. The van der Waals surface area contributed by atoms with Gasteiger partial charge < -0.3 is 5.73 Å². The molecule has 0 aliphatic carbocycles. The van der Waals surface area contributed by atoms with Gasteiger partial charge >= 0.3 is 0 Å². The van der Waals surface area contributed by atoms with E-state index in [0.717, 1.165) is 0 Å². The van der Waals surface area contributed by atoms with Crippen LogP contribution in [0.3, 0.4) is 0 Å². The van der Waals surface area contributed by atoms with Gasteiger partial charge in [0.15, 0.2) is 12.4 Å². The predicted octanol–water partition coefficient (Wildman–Crippen LogP) is 0.0955. The fraction of sp³-hybridized carbons (Fsp3) is 0.250. The van der Waals surface area contributed by atoms with Gasteiger partial charge in [-0.05, 0) is 0 Å². The highest BCUT2D eigenvalue weighted by atomic mass is 16.1. The molecule has 11 heavy (non-hydrogen) atoms. The first-order valence-corrected chi connectivity index (χ1v) is 3.01. The molecule has 1 heterocycles. The summed E-state index contributed by atoms with van der Waals surface area (Å²) in [5, 5.41) is 0. The van der Waals surface area contributed by atoms with E-state index in [2.05, 4.69) is 0 Å². The number of amides is 1. The van der Waals surface area contributed by atoms with Crippen molar-refractivity contribution in [1.82, 2.24) is 0 Å². The third-order valence-corrected chi connectivity index (χ3v) is 1.12. The van der Waals surface area contributed by atoms with Gasteiger partial charge in [0.25, 0.3) is 5.91 Å². The summed E-state index contributed by atoms with van der Waals surface area (Å²) in [6.45, 7) is 0.251. The van der Waals surface area contributed by atoms with Crippen molar-refractivity contribution < 1.29 is 9.36 Å². The Morgan fingerprint density at radius 1 is 1.27 bits per heavy atom. The van der Waals surface area contributed by atoms with Crippen LogP contribution in [0.4, 0.5) is 0 Å². The lowest BCUT2D eigenvalue weighted by Gasteiger charge is -1.88. The van der Waals surface area contributed by atoms with Crippen molar-refractivity contribution in [3.05, 3.63) is 30.6 Å². The van der Waals surface area contributed by atoms with Gasteiger partial charge in [-0.3, -0.25) is 4.79 Å². The van der Waals surface area contributed by atoms with Crippen molar-refractivity contribution in [2.45, 2.75) is 14.0 Å². The Morgan fingerprint density at radius 2 is 1.82 bits per heavy atom. The molecule has 1 amide bonds. The number of carbonyl (C=O) groups is 1. The number of hydrogen-bond donors (Lipinski definition) is 1. The molecule has 0 aliphatic heterocycles. The number of pyridine rings is 1. The average Bonchev–Trinajstić information content (AvgIpc) is 1.88. The molecule has 60 valence electrons. The van der Waals surface area contributed by atoms with Crippen LogP contribution in [0.1, 0.15) is 7.43 Å². The Morgan fingerprint density at radius 3 is 2.27 bits per heavy atom. The molecule has 2 N–H and O–H groups in total. The summed E-state index contributed by atoms with van der Waals surface area (Å²) >= 11 is 0. The molecule has 1 aromatic heterocycles. The van der Waals surface area contributed by atoms with Gasteiger partial charge in [-0.15, -0.1) is 0 Å². The maximum atomic E-state index is 10.4. The highest BCUT2D eigenvalue weighted by Crippen LogP contribution is 1.75. The molecular weight excluding hydrogens is 140 g/mol. The Hall–Kier alpha value is -1.38. The summed E-state index contributed by atoms with van der Waals surface area (Å²) in [6, 6.07) is 5.59. The highest BCUT2D eigenvalue weighted by Gasteiger charge is 2.00. The Labute approximate surface area is 66.5 Å². The van der Waals surface area contributed by atoms with Crippen molar-refractivity contribution in [2.24, 2.45) is 5.73 Å². The molecule has 1 aromatic rings. The first-order chi connectivity index (χ1) is 4.79. The number of hydrogen-bond acceptors (Lipinski definition) is 1. The molecule has 0 atom stereocenters. The lowest BCUT2D eigenvalue weighted by molar-refractivity contribution is -0.684. The highest BCUT2D eigenvalue weighted by molar-refractivity contribution is 5.72. The summed E-state index contributed by atoms with van der Waals surface area (Å²) in [6.07, 6.45) is 3.59. The van der Waals surface area contributed by atoms with Crippen LogP contribution in [0.15, 0.2) is 30.6 Å². The lowest BCUT2D eigenvalue weighted by atomic mass is 10.5. The van der Waals surface area contributed by atoms with E-state index in [-0.39, 0.29) is 19.9 Å². The molecule has 0 aromatic carbocycles. The number of carbonyl (C=O) groups excluding carboxylic acids is 1. The third-order valence-electron chi connectivity index (χ3n) is 1.12. The van der Waals surface area contributed by atoms with Crippen LogP contribution < -0.4 is 10.3 Å². The van der Waals surface area contributed by atoms with Crippen molar-refractivity contribution in [2.75, 3.05) is 0 Å². The van der Waals surface area contributed by atoms with Gasteiger partial charge in [0.05, 0.1) is 0 Å². The summed E-state index contributed by atoms with van der Waals surface area (Å²) in [7, 11) is 0. The SMILES string of the molecule is C.NC(=O)C[n+]1ccccc1. The van der Waals surface area contributed by atoms with Crippen LogP contribution in [0.2, 0.25) is 0 Å². The molecular formula is C8H13N2O+. The van der Waals surface area contributed by atoms with E-state index >= 15 is 0 Å². The summed E-state index contributed by atoms with van der Waals surface area (Å²) in [4.78, 5) is 10.4. The topological polar surface area (TPSA) is 47.0 Å². The molecule has 3 nitrogen and oxygen atoms in total. The molecule has 0 saturated carbocycles. The van der Waals surface area contributed by atoms with E-state index in [1.165, 1.54) is 0 Å². The summed E-state index contributed by atoms with van der Waals surface area (Å²) in [5.41, 5.74) is 4.96. The minimum atomic E-state index is -0.323. The quantitative estimate of drug-likeness (QED) is 0.602. The van der Waals surface area contributed by atoms with E-state index in [9.17, 15) is 4.79 Å². The largest absolute Gasteiger partial charge is 0.364 e. The average molecular weight is 153 g/mol. The van der Waals surface area contributed by atoms with E-state index in [0.29, 0.717) is 0 Å². The molecule has 0 radical (unpaired) electrons. The Kier molecular flexibility index (Phi) is 3.88. The minimum absolute atomic E-state index is 0. The molecule has 1 rings (SSSR count). The van der Waals surface area contributed by atoms with Crippen LogP contribution in [0, 0.1) is 0 Å². The molecule has 0 fully saturated rings. The van der Waals surface area contributed by atoms with E-state index in [4.69, 9.17) is 5.73 Å². The molecule has 3 heteroatoms. The van der Waals surface area contributed by atoms with Crippen molar-refractivity contribution in [1.29, 1.82) is 0 Å². The van der Waals surface area contributed by atoms with Gasteiger partial charge in [0.2, 0.25) is 6.54 Å². The predicted molar refractivity (Wildman–Crippen MR) is 42.6 cm³/mol. The Balaban J connectivity index is 0.000001000. The third kappa shape index (κ3) is 3.35. The number of rotatable bonds is 2. The summed E-state index contributed by atoms with van der Waals surface area (Å²) in [5.74, 6) is -0.323. The zero-order valence-corrected chi connectivity index (χ0v) is 5.53. The number of primary amides is 1. The fourth-order valence-electron chi connectivity index (χ4n) is 0.720. The van der Waals surface area contributed by atoms with Gasteiger partial charge in [0, 0.05) is 12.1 Å². The molecule has 0 aliphatic rings. The summed E-state index contributed by atoms with van der Waals surface area (Å²) < 4.78 is 1.72. The van der Waals surface area contributed by atoms with E-state index in [1.54, 1.807) is 17.0 Å². The normalized spacial score (nSPS) is 8.36. The van der Waals surface area contributed by atoms with Crippen LogP contribution in [0.25, 0.3) is 0 Å². The Bertz CT molecular complexity index is 221. The van der Waals surface area contributed by atoms with Crippen LogP contribution >= 0.6 is 0 Å². The second kappa shape index (κ2) is 4.44. The van der Waals surface area contributed by atoms with Crippen LogP contribution in [0.5, 0.6) is 0 Å². The number of nitrogens with two attached hydrogens (primary N) is 1. The first-order valence-electron chi connectivity index (χ1n) is 3.01. The molecule has 0 unspecified atom stereocenters. The first kappa shape index (κ1) is 9.62. The van der Waals surface area contributed by atoms with Crippen LogP contribution in [-0.4, -0.2) is 5.91 Å². The van der Waals surface area contributed by atoms with Gasteiger partial charge in [0.1, 0.15) is 0 Å². The second-order valence-corrected chi connectivity index (χ2v) is 2.01. The van der Waals surface area contributed by atoms with Gasteiger partial charge in [-0.1, -0.05) is 13.5 Å². The number of aromatic nitrogens is 1. The van der Waals surface area contributed by atoms with E-state index in [1.807, 2.05) is 18.2 Å².